The fourth-order valence-corrected chi connectivity index (χ4v) is 1.96. The van der Waals surface area contributed by atoms with E-state index in [4.69, 9.17) is 27.9 Å². The number of halogens is 2. The summed E-state index contributed by atoms with van der Waals surface area (Å²) in [6.07, 6.45) is 3.66. The van der Waals surface area contributed by atoms with Crippen LogP contribution >= 0.6 is 23.2 Å². The first kappa shape index (κ1) is 14.6. The van der Waals surface area contributed by atoms with Crippen LogP contribution in [0.2, 0.25) is 10.0 Å². The highest BCUT2D eigenvalue weighted by Gasteiger charge is 2.15. The molecule has 0 spiro atoms. The van der Waals surface area contributed by atoms with Crippen molar-refractivity contribution >= 4 is 29.1 Å². The zero-order chi connectivity index (χ0) is 14.5. The fourth-order valence-electron chi connectivity index (χ4n) is 1.48. The van der Waals surface area contributed by atoms with Gasteiger partial charge in [0.15, 0.2) is 12.0 Å². The minimum atomic E-state index is -0.623. The Morgan fingerprint density at radius 2 is 2.00 bits per heavy atom. The van der Waals surface area contributed by atoms with E-state index in [9.17, 15) is 4.79 Å². The molecule has 1 aromatic heterocycles. The van der Waals surface area contributed by atoms with Crippen LogP contribution in [-0.4, -0.2) is 22.1 Å². The van der Waals surface area contributed by atoms with Gasteiger partial charge in [-0.25, -0.2) is 4.98 Å². The number of carbonyl (C=O) groups is 1. The number of aromatic nitrogens is 2. The second-order valence-corrected chi connectivity index (χ2v) is 4.69. The summed E-state index contributed by atoms with van der Waals surface area (Å²) in [7, 11) is 0. The van der Waals surface area contributed by atoms with Crippen LogP contribution in [0.1, 0.15) is 17.4 Å². The molecule has 1 heterocycles. The van der Waals surface area contributed by atoms with E-state index in [1.165, 1.54) is 18.6 Å². The molecule has 20 heavy (non-hydrogen) atoms. The Balaban J connectivity index is 2.03. The standard InChI is InChI=1S/C13H11Cl2N3O2/c1-8(18-13(19)11-7-16-5-6-17-11)20-12-9(14)3-2-4-10(12)15/h2-8H,1H3,(H,18,19). The van der Waals surface area contributed by atoms with Crippen LogP contribution in [0, 0.1) is 0 Å². The first-order valence-electron chi connectivity index (χ1n) is 5.75. The lowest BCUT2D eigenvalue weighted by molar-refractivity contribution is 0.0846. The number of para-hydroxylation sites is 1. The summed E-state index contributed by atoms with van der Waals surface area (Å²) < 4.78 is 5.52. The molecule has 2 aromatic rings. The lowest BCUT2D eigenvalue weighted by Gasteiger charge is -2.17. The van der Waals surface area contributed by atoms with Crippen LogP contribution in [0.4, 0.5) is 0 Å². The molecule has 0 aliphatic heterocycles. The van der Waals surface area contributed by atoms with Crippen molar-refractivity contribution in [2.45, 2.75) is 13.2 Å². The van der Waals surface area contributed by atoms with E-state index in [0.29, 0.717) is 15.8 Å². The van der Waals surface area contributed by atoms with Crippen LogP contribution in [0.5, 0.6) is 5.75 Å². The van der Waals surface area contributed by atoms with Crippen LogP contribution < -0.4 is 10.1 Å². The molecule has 0 bridgehead atoms. The number of rotatable bonds is 4. The lowest BCUT2D eigenvalue weighted by atomic mass is 10.3. The molecule has 1 amide bonds. The molecule has 0 fully saturated rings. The summed E-state index contributed by atoms with van der Waals surface area (Å²) in [4.78, 5) is 19.6. The fraction of sp³-hybridized carbons (Fsp3) is 0.154. The van der Waals surface area contributed by atoms with Crippen LogP contribution in [0.3, 0.4) is 0 Å². The monoisotopic (exact) mass is 311 g/mol. The molecule has 104 valence electrons. The highest BCUT2D eigenvalue weighted by Crippen LogP contribution is 2.32. The number of hydrogen-bond donors (Lipinski definition) is 1. The molecular weight excluding hydrogens is 301 g/mol. The average molecular weight is 312 g/mol. The summed E-state index contributed by atoms with van der Waals surface area (Å²) in [5.74, 6) is -0.0726. The first-order chi connectivity index (χ1) is 9.58. The first-order valence-corrected chi connectivity index (χ1v) is 6.51. The van der Waals surface area contributed by atoms with E-state index < -0.39 is 12.1 Å². The predicted molar refractivity (Wildman–Crippen MR) is 76.1 cm³/mol. The van der Waals surface area contributed by atoms with Crippen molar-refractivity contribution in [3.05, 3.63) is 52.5 Å². The van der Waals surface area contributed by atoms with E-state index in [2.05, 4.69) is 15.3 Å². The van der Waals surface area contributed by atoms with Gasteiger partial charge in [0.2, 0.25) is 0 Å². The van der Waals surface area contributed by atoms with Crippen molar-refractivity contribution in [3.63, 3.8) is 0 Å². The smallest absolute Gasteiger partial charge is 0.274 e. The average Bonchev–Trinajstić information content (AvgIpc) is 2.44. The summed E-state index contributed by atoms with van der Waals surface area (Å²) in [5, 5.41) is 3.36. The second-order valence-electron chi connectivity index (χ2n) is 3.87. The van der Waals surface area contributed by atoms with Crippen LogP contribution in [-0.2, 0) is 0 Å². The molecule has 1 atom stereocenters. The highest BCUT2D eigenvalue weighted by atomic mass is 35.5. The topological polar surface area (TPSA) is 64.1 Å². The number of amides is 1. The van der Waals surface area contributed by atoms with Gasteiger partial charge >= 0.3 is 0 Å². The third-order valence-corrected chi connectivity index (χ3v) is 2.94. The molecule has 0 saturated carbocycles. The molecule has 0 aliphatic rings. The summed E-state index contributed by atoms with van der Waals surface area (Å²) in [6.45, 7) is 1.66. The minimum Gasteiger partial charge on any atom is -0.468 e. The van der Waals surface area contributed by atoms with Gasteiger partial charge in [0.05, 0.1) is 16.2 Å². The third-order valence-electron chi connectivity index (χ3n) is 2.34. The van der Waals surface area contributed by atoms with Crippen LogP contribution in [0.25, 0.3) is 0 Å². The molecule has 0 aliphatic carbocycles. The number of nitrogens with one attached hydrogen (secondary N) is 1. The van der Waals surface area contributed by atoms with Gasteiger partial charge in [-0.15, -0.1) is 0 Å². The van der Waals surface area contributed by atoms with Crippen LogP contribution in [0.15, 0.2) is 36.8 Å². The van der Waals surface area contributed by atoms with Gasteiger partial charge in [0.25, 0.3) is 5.91 Å². The Morgan fingerprint density at radius 3 is 2.60 bits per heavy atom. The van der Waals surface area contributed by atoms with Crippen molar-refractivity contribution in [2.24, 2.45) is 0 Å². The van der Waals surface area contributed by atoms with Crippen molar-refractivity contribution in [1.82, 2.24) is 15.3 Å². The molecule has 0 saturated heterocycles. The van der Waals surface area contributed by atoms with Gasteiger partial charge in [0, 0.05) is 12.4 Å². The molecule has 2 rings (SSSR count). The molecular formula is C13H11Cl2N3O2. The zero-order valence-corrected chi connectivity index (χ0v) is 12.0. The quantitative estimate of drug-likeness (QED) is 0.882. The van der Waals surface area contributed by atoms with Gasteiger partial charge in [-0.3, -0.25) is 9.78 Å². The Morgan fingerprint density at radius 1 is 1.30 bits per heavy atom. The highest BCUT2D eigenvalue weighted by molar-refractivity contribution is 6.37. The van der Waals surface area contributed by atoms with Gasteiger partial charge in [0.1, 0.15) is 5.69 Å². The van der Waals surface area contributed by atoms with Crippen molar-refractivity contribution in [3.8, 4) is 5.75 Å². The molecule has 1 aromatic carbocycles. The number of ether oxygens (including phenoxy) is 1. The third kappa shape index (κ3) is 3.59. The van der Waals surface area contributed by atoms with Gasteiger partial charge in [-0.2, -0.15) is 0 Å². The van der Waals surface area contributed by atoms with E-state index in [-0.39, 0.29) is 5.69 Å². The van der Waals surface area contributed by atoms with Crippen molar-refractivity contribution in [2.75, 3.05) is 0 Å². The van der Waals surface area contributed by atoms with Gasteiger partial charge < -0.3 is 10.1 Å². The van der Waals surface area contributed by atoms with Crippen molar-refractivity contribution < 1.29 is 9.53 Å². The summed E-state index contributed by atoms with van der Waals surface area (Å²) >= 11 is 12.0. The van der Waals surface area contributed by atoms with Gasteiger partial charge in [-0.05, 0) is 19.1 Å². The SMILES string of the molecule is CC(NC(=O)c1cnccn1)Oc1c(Cl)cccc1Cl. The largest absolute Gasteiger partial charge is 0.468 e. The number of hydrogen-bond acceptors (Lipinski definition) is 4. The summed E-state index contributed by atoms with van der Waals surface area (Å²) in [5.41, 5.74) is 0.202. The molecule has 7 heteroatoms. The number of benzene rings is 1. The molecule has 5 nitrogen and oxygen atoms in total. The Bertz CT molecular complexity index is 588. The van der Waals surface area contributed by atoms with Crippen molar-refractivity contribution in [1.29, 1.82) is 0 Å². The number of carbonyl (C=O) groups excluding carboxylic acids is 1. The Kier molecular flexibility index (Phi) is 4.76. The molecule has 0 radical (unpaired) electrons. The minimum absolute atomic E-state index is 0.202. The molecule has 1 unspecified atom stereocenters. The predicted octanol–water partition coefficient (Wildman–Crippen LogP) is 2.94. The zero-order valence-electron chi connectivity index (χ0n) is 10.5. The second kappa shape index (κ2) is 6.54. The van der Waals surface area contributed by atoms with E-state index in [1.807, 2.05) is 0 Å². The maximum atomic E-state index is 11.9. The van der Waals surface area contributed by atoms with E-state index in [0.717, 1.165) is 0 Å². The maximum Gasteiger partial charge on any atom is 0.274 e. The maximum absolute atomic E-state index is 11.9. The van der Waals surface area contributed by atoms with Gasteiger partial charge in [-0.1, -0.05) is 29.3 Å². The number of nitrogens with zero attached hydrogens (tertiary/aromatic N) is 2. The summed E-state index contributed by atoms with van der Waals surface area (Å²) in [6, 6.07) is 5.01. The molecule has 1 N–H and O–H groups in total. The van der Waals surface area contributed by atoms with E-state index in [1.54, 1.807) is 25.1 Å². The normalized spacial score (nSPS) is 11.8. The Labute approximate surface area is 125 Å². The van der Waals surface area contributed by atoms with E-state index >= 15 is 0 Å². The lowest BCUT2D eigenvalue weighted by Crippen LogP contribution is -2.37. The Hall–Kier alpha value is -1.85.